The molecule has 2 aliphatic heterocycles. The maximum absolute atomic E-state index is 11.7. The predicted molar refractivity (Wildman–Crippen MR) is 81.8 cm³/mol. The molecule has 0 spiro atoms. The van der Waals surface area contributed by atoms with Crippen molar-refractivity contribution in [2.75, 3.05) is 37.7 Å². The maximum Gasteiger partial charge on any atom is 0.315 e. The van der Waals surface area contributed by atoms with E-state index in [0.29, 0.717) is 6.04 Å². The van der Waals surface area contributed by atoms with Gasteiger partial charge in [-0.3, -0.25) is 0 Å². The van der Waals surface area contributed by atoms with Gasteiger partial charge in [-0.25, -0.2) is 4.79 Å². The van der Waals surface area contributed by atoms with Gasteiger partial charge in [0.1, 0.15) is 0 Å². The molecule has 0 aliphatic carbocycles. The number of carbonyl (C=O) groups is 1. The molecule has 2 saturated heterocycles. The van der Waals surface area contributed by atoms with E-state index in [1.165, 1.54) is 51.1 Å². The number of thioether (sulfide) groups is 1. The van der Waals surface area contributed by atoms with Gasteiger partial charge in [-0.05, 0) is 63.9 Å². The lowest BCUT2D eigenvalue weighted by atomic mass is 10.2. The highest BCUT2D eigenvalue weighted by atomic mass is 32.2. The second-order valence-electron chi connectivity index (χ2n) is 5.57. The molecule has 110 valence electrons. The van der Waals surface area contributed by atoms with Crippen LogP contribution in [0.3, 0.4) is 0 Å². The number of hydrogen-bond acceptors (Lipinski definition) is 3. The first-order chi connectivity index (χ1) is 9.34. The van der Waals surface area contributed by atoms with Crippen LogP contribution in [0.25, 0.3) is 0 Å². The number of nitrogens with one attached hydrogen (secondary N) is 2. The third-order valence-electron chi connectivity index (χ3n) is 3.88. The Labute approximate surface area is 121 Å². The number of unbranched alkanes of at least 4 members (excludes halogenated alkanes) is 1. The van der Waals surface area contributed by atoms with Gasteiger partial charge in [0.05, 0.1) is 0 Å². The summed E-state index contributed by atoms with van der Waals surface area (Å²) in [5, 5.41) is 6.05. The summed E-state index contributed by atoms with van der Waals surface area (Å²) in [5.74, 6) is 2.32. The predicted octanol–water partition coefficient (Wildman–Crippen LogP) is 2.06. The molecule has 0 saturated carbocycles. The van der Waals surface area contributed by atoms with Crippen molar-refractivity contribution in [2.24, 2.45) is 0 Å². The third kappa shape index (κ3) is 6.04. The van der Waals surface area contributed by atoms with Crippen molar-refractivity contribution in [1.29, 1.82) is 0 Å². The molecule has 0 aromatic carbocycles. The highest BCUT2D eigenvalue weighted by Gasteiger charge is 2.15. The van der Waals surface area contributed by atoms with Crippen molar-refractivity contribution in [3.63, 3.8) is 0 Å². The molecular weight excluding hydrogens is 258 g/mol. The molecular formula is C14H27N3OS. The van der Waals surface area contributed by atoms with Crippen LogP contribution in [0.4, 0.5) is 4.79 Å². The van der Waals surface area contributed by atoms with E-state index < -0.39 is 0 Å². The van der Waals surface area contributed by atoms with E-state index in [1.807, 2.05) is 11.8 Å². The quantitative estimate of drug-likeness (QED) is 0.734. The zero-order valence-electron chi connectivity index (χ0n) is 11.8. The third-order valence-corrected chi connectivity index (χ3v) is 5.10. The summed E-state index contributed by atoms with van der Waals surface area (Å²) in [4.78, 5) is 14.2. The van der Waals surface area contributed by atoms with Crippen molar-refractivity contribution in [3.05, 3.63) is 0 Å². The Bertz CT molecular complexity index is 263. The topological polar surface area (TPSA) is 44.4 Å². The minimum Gasteiger partial charge on any atom is -0.338 e. The lowest BCUT2D eigenvalue weighted by Crippen LogP contribution is -2.44. The van der Waals surface area contributed by atoms with Crippen molar-refractivity contribution in [2.45, 2.75) is 44.6 Å². The monoisotopic (exact) mass is 285 g/mol. The standard InChI is InChI=1S/C14H27N3OS/c18-14(16-13-6-5-11-19-12-13)15-7-1-2-8-17-9-3-4-10-17/h13H,1-12H2,(H2,15,16,18). The number of likely N-dealkylation sites (tertiary alicyclic amines) is 1. The summed E-state index contributed by atoms with van der Waals surface area (Å²) in [6, 6.07) is 0.400. The molecule has 2 fully saturated rings. The number of urea groups is 1. The highest BCUT2D eigenvalue weighted by Crippen LogP contribution is 2.16. The van der Waals surface area contributed by atoms with Crippen LogP contribution in [0, 0.1) is 0 Å². The molecule has 2 heterocycles. The van der Waals surface area contributed by atoms with E-state index in [-0.39, 0.29) is 6.03 Å². The number of rotatable bonds is 6. The minimum absolute atomic E-state index is 0.0219. The van der Waals surface area contributed by atoms with Gasteiger partial charge < -0.3 is 15.5 Å². The van der Waals surface area contributed by atoms with Crippen LogP contribution in [0.1, 0.15) is 38.5 Å². The van der Waals surface area contributed by atoms with Crippen LogP contribution in [0.2, 0.25) is 0 Å². The molecule has 0 aromatic heterocycles. The van der Waals surface area contributed by atoms with E-state index >= 15 is 0 Å². The van der Waals surface area contributed by atoms with Crippen molar-refractivity contribution < 1.29 is 4.79 Å². The number of amides is 2. The van der Waals surface area contributed by atoms with Crippen LogP contribution >= 0.6 is 11.8 Å². The van der Waals surface area contributed by atoms with Gasteiger partial charge in [-0.2, -0.15) is 11.8 Å². The van der Waals surface area contributed by atoms with Gasteiger partial charge in [0.25, 0.3) is 0 Å². The second-order valence-corrected chi connectivity index (χ2v) is 6.72. The summed E-state index contributed by atoms with van der Waals surface area (Å²) >= 11 is 1.94. The lowest BCUT2D eigenvalue weighted by Gasteiger charge is -2.22. The summed E-state index contributed by atoms with van der Waals surface area (Å²) < 4.78 is 0. The molecule has 0 aromatic rings. The molecule has 0 bridgehead atoms. The molecule has 4 nitrogen and oxygen atoms in total. The van der Waals surface area contributed by atoms with Gasteiger partial charge >= 0.3 is 6.03 Å². The Morgan fingerprint density at radius 2 is 2.05 bits per heavy atom. The molecule has 2 aliphatic rings. The molecule has 2 rings (SSSR count). The molecule has 0 radical (unpaired) electrons. The van der Waals surface area contributed by atoms with Crippen LogP contribution in [0.15, 0.2) is 0 Å². The largest absolute Gasteiger partial charge is 0.338 e. The zero-order valence-corrected chi connectivity index (χ0v) is 12.6. The van der Waals surface area contributed by atoms with Gasteiger partial charge in [0.2, 0.25) is 0 Å². The Morgan fingerprint density at radius 3 is 2.79 bits per heavy atom. The van der Waals surface area contributed by atoms with Gasteiger partial charge in [-0.1, -0.05) is 0 Å². The van der Waals surface area contributed by atoms with Gasteiger partial charge in [-0.15, -0.1) is 0 Å². The average Bonchev–Trinajstić information content (AvgIpc) is 2.92. The fraction of sp³-hybridized carbons (Fsp3) is 0.929. The summed E-state index contributed by atoms with van der Waals surface area (Å²) in [5.41, 5.74) is 0. The Morgan fingerprint density at radius 1 is 1.21 bits per heavy atom. The first-order valence-corrected chi connectivity index (χ1v) is 8.84. The van der Waals surface area contributed by atoms with E-state index in [1.54, 1.807) is 0 Å². The first kappa shape index (κ1) is 15.0. The number of nitrogens with zero attached hydrogens (tertiary/aromatic N) is 1. The van der Waals surface area contributed by atoms with Crippen LogP contribution in [-0.4, -0.2) is 54.7 Å². The highest BCUT2D eigenvalue weighted by molar-refractivity contribution is 7.99. The van der Waals surface area contributed by atoms with Crippen molar-refractivity contribution in [3.8, 4) is 0 Å². The molecule has 1 unspecified atom stereocenters. The average molecular weight is 285 g/mol. The fourth-order valence-electron chi connectivity index (χ4n) is 2.76. The van der Waals surface area contributed by atoms with Gasteiger partial charge in [0, 0.05) is 18.3 Å². The van der Waals surface area contributed by atoms with Crippen LogP contribution < -0.4 is 10.6 Å². The molecule has 1 atom stereocenters. The molecule has 2 N–H and O–H groups in total. The summed E-state index contributed by atoms with van der Waals surface area (Å²) in [6.07, 6.45) is 7.36. The molecule has 19 heavy (non-hydrogen) atoms. The normalized spacial score (nSPS) is 24.3. The zero-order chi connectivity index (χ0) is 13.3. The first-order valence-electron chi connectivity index (χ1n) is 7.69. The van der Waals surface area contributed by atoms with Crippen LogP contribution in [0.5, 0.6) is 0 Å². The number of carbonyl (C=O) groups excluding carboxylic acids is 1. The number of hydrogen-bond donors (Lipinski definition) is 2. The second kappa shape index (κ2) is 8.69. The van der Waals surface area contributed by atoms with Crippen molar-refractivity contribution in [1.82, 2.24) is 15.5 Å². The van der Waals surface area contributed by atoms with E-state index in [9.17, 15) is 4.79 Å². The Hall–Kier alpha value is -0.420. The van der Waals surface area contributed by atoms with Crippen molar-refractivity contribution >= 4 is 17.8 Å². The SMILES string of the molecule is O=C(NCCCCN1CCCC1)NC1CCCSC1. The minimum atomic E-state index is 0.0219. The van der Waals surface area contributed by atoms with Crippen LogP contribution in [-0.2, 0) is 0 Å². The molecule has 2 amide bonds. The smallest absolute Gasteiger partial charge is 0.315 e. The Kier molecular flexibility index (Phi) is 6.85. The lowest BCUT2D eigenvalue weighted by molar-refractivity contribution is 0.236. The summed E-state index contributed by atoms with van der Waals surface area (Å²) in [7, 11) is 0. The fourth-order valence-corrected chi connectivity index (χ4v) is 3.83. The maximum atomic E-state index is 11.7. The van der Waals surface area contributed by atoms with E-state index in [4.69, 9.17) is 0 Å². The van der Waals surface area contributed by atoms with E-state index in [2.05, 4.69) is 15.5 Å². The van der Waals surface area contributed by atoms with E-state index in [0.717, 1.165) is 25.1 Å². The molecule has 5 heteroatoms. The van der Waals surface area contributed by atoms with Gasteiger partial charge in [0.15, 0.2) is 0 Å². The summed E-state index contributed by atoms with van der Waals surface area (Å²) in [6.45, 7) is 4.54. The Balaban J connectivity index is 1.44.